The summed E-state index contributed by atoms with van der Waals surface area (Å²) in [7, 11) is 0. The molecule has 8 heteroatoms. The molecule has 3 aromatic carbocycles. The number of benzene rings is 3. The summed E-state index contributed by atoms with van der Waals surface area (Å²) < 4.78 is 24.5. The van der Waals surface area contributed by atoms with Gasteiger partial charge in [-0.1, -0.05) is 41.5 Å². The summed E-state index contributed by atoms with van der Waals surface area (Å²) in [6.07, 6.45) is 0.753. The van der Waals surface area contributed by atoms with Gasteiger partial charge in [-0.05, 0) is 53.6 Å². The van der Waals surface area contributed by atoms with Gasteiger partial charge < -0.3 is 19.2 Å². The molecule has 1 aromatic heterocycles. The van der Waals surface area contributed by atoms with E-state index in [0.717, 1.165) is 17.2 Å². The molecule has 7 nitrogen and oxygen atoms in total. The van der Waals surface area contributed by atoms with E-state index >= 15 is 0 Å². The molecule has 4 aromatic rings. The summed E-state index contributed by atoms with van der Waals surface area (Å²) in [5.41, 5.74) is 1.50. The van der Waals surface area contributed by atoms with Crippen molar-refractivity contribution in [1.29, 1.82) is 0 Å². The number of oxime groups is 1. The van der Waals surface area contributed by atoms with Gasteiger partial charge in [0.05, 0.1) is 0 Å². The van der Waals surface area contributed by atoms with E-state index in [2.05, 4.69) is 10.3 Å². The number of ether oxygens (including phenoxy) is 1. The lowest BCUT2D eigenvalue weighted by Crippen LogP contribution is -2.15. The number of carbonyl (C=O) groups is 1. The Labute approximate surface area is 189 Å². The van der Waals surface area contributed by atoms with Crippen LogP contribution in [0.25, 0.3) is 22.0 Å². The van der Waals surface area contributed by atoms with Crippen molar-refractivity contribution in [3.63, 3.8) is 0 Å². The van der Waals surface area contributed by atoms with Gasteiger partial charge in [-0.15, -0.1) is 0 Å². The van der Waals surface area contributed by atoms with Crippen LogP contribution >= 0.6 is 0 Å². The number of rotatable bonds is 9. The molecule has 0 amide bonds. The second-order valence-corrected chi connectivity index (χ2v) is 7.24. The first-order valence-corrected chi connectivity index (χ1v) is 10.4. The standard InChI is InChI=1S/C25H21FN2O5/c1-2-11-32-27-22(24-14-21(28-33-24)16-7-9-19(26)10-8-16)15-31-23-13-18-6-4-3-5-17(18)12-20(23)25(29)30/h3-10,12-14H,2,11,15H2,1H3,(H,29,30)/b27-22+. The third kappa shape index (κ3) is 5.17. The minimum Gasteiger partial charge on any atom is -0.486 e. The summed E-state index contributed by atoms with van der Waals surface area (Å²) in [5, 5.41) is 19.4. The van der Waals surface area contributed by atoms with Crippen molar-refractivity contribution >= 4 is 22.5 Å². The average Bonchev–Trinajstić information content (AvgIpc) is 3.31. The zero-order valence-corrected chi connectivity index (χ0v) is 17.8. The molecule has 0 aliphatic carbocycles. The topological polar surface area (TPSA) is 94.2 Å². The summed E-state index contributed by atoms with van der Waals surface area (Å²) >= 11 is 0. The Morgan fingerprint density at radius 3 is 2.52 bits per heavy atom. The highest BCUT2D eigenvalue weighted by molar-refractivity contribution is 6.01. The lowest BCUT2D eigenvalue weighted by Gasteiger charge is -2.11. The summed E-state index contributed by atoms with van der Waals surface area (Å²) in [5.74, 6) is -0.962. The summed E-state index contributed by atoms with van der Waals surface area (Å²) in [4.78, 5) is 17.1. The van der Waals surface area contributed by atoms with Crippen LogP contribution in [0.5, 0.6) is 5.75 Å². The fraction of sp³-hybridized carbons (Fsp3) is 0.160. The molecule has 4 rings (SSSR count). The lowest BCUT2D eigenvalue weighted by molar-refractivity contribution is 0.0693. The van der Waals surface area contributed by atoms with Crippen LogP contribution in [0.1, 0.15) is 29.5 Å². The van der Waals surface area contributed by atoms with Gasteiger partial charge >= 0.3 is 5.97 Å². The van der Waals surface area contributed by atoms with Gasteiger partial charge in [0, 0.05) is 11.6 Å². The largest absolute Gasteiger partial charge is 0.486 e. The Morgan fingerprint density at radius 2 is 1.82 bits per heavy atom. The van der Waals surface area contributed by atoms with Crippen molar-refractivity contribution in [2.75, 3.05) is 13.2 Å². The van der Waals surface area contributed by atoms with E-state index in [9.17, 15) is 14.3 Å². The number of fused-ring (bicyclic) bond motifs is 1. The quantitative estimate of drug-likeness (QED) is 0.205. The second kappa shape index (κ2) is 9.95. The van der Waals surface area contributed by atoms with E-state index < -0.39 is 5.97 Å². The van der Waals surface area contributed by atoms with Gasteiger partial charge in [0.15, 0.2) is 11.5 Å². The molecule has 1 N–H and O–H groups in total. The SMILES string of the molecule is CCCO/N=C(\COc1cc2ccccc2cc1C(=O)O)c1cc(-c2ccc(F)cc2)no1. The van der Waals surface area contributed by atoms with Crippen LogP contribution in [0, 0.1) is 5.82 Å². The molecule has 33 heavy (non-hydrogen) atoms. The molecular formula is C25H21FN2O5. The van der Waals surface area contributed by atoms with Gasteiger partial charge in [-0.3, -0.25) is 0 Å². The Kier molecular flexibility index (Phi) is 6.64. The number of halogens is 1. The smallest absolute Gasteiger partial charge is 0.339 e. The van der Waals surface area contributed by atoms with E-state index in [4.69, 9.17) is 14.1 Å². The minimum absolute atomic E-state index is 0.0343. The van der Waals surface area contributed by atoms with Crippen LogP contribution in [0.3, 0.4) is 0 Å². The molecule has 0 radical (unpaired) electrons. The summed E-state index contributed by atoms with van der Waals surface area (Å²) in [6.45, 7) is 2.22. The Balaban J connectivity index is 1.61. The molecule has 0 atom stereocenters. The number of hydrogen-bond donors (Lipinski definition) is 1. The minimum atomic E-state index is -1.10. The maximum Gasteiger partial charge on any atom is 0.339 e. The van der Waals surface area contributed by atoms with Crippen LogP contribution < -0.4 is 4.74 Å². The highest BCUT2D eigenvalue weighted by Gasteiger charge is 2.18. The van der Waals surface area contributed by atoms with Crippen molar-refractivity contribution in [3.05, 3.63) is 83.9 Å². The van der Waals surface area contributed by atoms with Crippen LogP contribution in [0.4, 0.5) is 4.39 Å². The predicted molar refractivity (Wildman–Crippen MR) is 121 cm³/mol. The molecule has 168 valence electrons. The Hall–Kier alpha value is -4.20. The Morgan fingerprint density at radius 1 is 1.09 bits per heavy atom. The number of carboxylic acids is 1. The molecule has 0 unspecified atom stereocenters. The van der Waals surface area contributed by atoms with Crippen molar-refractivity contribution in [1.82, 2.24) is 5.16 Å². The van der Waals surface area contributed by atoms with Gasteiger partial charge in [0.1, 0.15) is 36.0 Å². The predicted octanol–water partition coefficient (Wildman–Crippen LogP) is 5.54. The fourth-order valence-corrected chi connectivity index (χ4v) is 3.18. The van der Waals surface area contributed by atoms with Gasteiger partial charge in [-0.25, -0.2) is 9.18 Å². The van der Waals surface area contributed by atoms with E-state index in [1.165, 1.54) is 12.1 Å². The average molecular weight is 448 g/mol. The Bertz CT molecular complexity index is 1300. The summed E-state index contributed by atoms with van der Waals surface area (Å²) in [6, 6.07) is 18.1. The van der Waals surface area contributed by atoms with Crippen LogP contribution in [-0.2, 0) is 4.84 Å². The molecule has 0 saturated carbocycles. The molecule has 0 spiro atoms. The van der Waals surface area contributed by atoms with E-state index in [0.29, 0.717) is 29.3 Å². The van der Waals surface area contributed by atoms with E-state index in [1.807, 2.05) is 31.2 Å². The van der Waals surface area contributed by atoms with E-state index in [-0.39, 0.29) is 23.7 Å². The number of nitrogens with zero attached hydrogens (tertiary/aromatic N) is 2. The van der Waals surface area contributed by atoms with E-state index in [1.54, 1.807) is 30.3 Å². The van der Waals surface area contributed by atoms with Gasteiger partial charge in [-0.2, -0.15) is 0 Å². The first kappa shape index (κ1) is 22.0. The number of aromatic carboxylic acids is 1. The normalized spacial score (nSPS) is 11.5. The molecule has 0 bridgehead atoms. The van der Waals surface area contributed by atoms with Crippen molar-refractivity contribution in [2.24, 2.45) is 5.16 Å². The van der Waals surface area contributed by atoms with Crippen molar-refractivity contribution in [3.8, 4) is 17.0 Å². The number of hydrogen-bond acceptors (Lipinski definition) is 6. The molecule has 0 aliphatic heterocycles. The van der Waals surface area contributed by atoms with Gasteiger partial charge in [0.2, 0.25) is 0 Å². The molecular weight excluding hydrogens is 427 g/mol. The first-order valence-electron chi connectivity index (χ1n) is 10.4. The molecule has 0 fully saturated rings. The third-order valence-electron chi connectivity index (χ3n) is 4.85. The van der Waals surface area contributed by atoms with Crippen LogP contribution in [-0.4, -0.2) is 35.2 Å². The molecule has 1 heterocycles. The van der Waals surface area contributed by atoms with Crippen LogP contribution in [0.15, 0.2) is 76.4 Å². The number of aromatic nitrogens is 1. The molecule has 0 saturated heterocycles. The maximum atomic E-state index is 13.2. The second-order valence-electron chi connectivity index (χ2n) is 7.24. The lowest BCUT2D eigenvalue weighted by atomic mass is 10.1. The zero-order valence-electron chi connectivity index (χ0n) is 17.8. The highest BCUT2D eigenvalue weighted by Crippen LogP contribution is 2.27. The zero-order chi connectivity index (χ0) is 23.2. The number of carboxylic acid groups (broad SMARTS) is 1. The van der Waals surface area contributed by atoms with Crippen LogP contribution in [0.2, 0.25) is 0 Å². The highest BCUT2D eigenvalue weighted by atomic mass is 19.1. The molecule has 0 aliphatic rings. The third-order valence-corrected chi connectivity index (χ3v) is 4.85. The van der Waals surface area contributed by atoms with Gasteiger partial charge in [0.25, 0.3) is 0 Å². The monoisotopic (exact) mass is 448 g/mol. The fourth-order valence-electron chi connectivity index (χ4n) is 3.18. The van der Waals surface area contributed by atoms with Crippen molar-refractivity contribution < 1.29 is 28.4 Å². The van der Waals surface area contributed by atoms with Crippen molar-refractivity contribution in [2.45, 2.75) is 13.3 Å². The maximum absolute atomic E-state index is 13.2. The first-order chi connectivity index (χ1) is 16.0.